The number of ketones is 1. The summed E-state index contributed by atoms with van der Waals surface area (Å²) in [6.07, 6.45) is -3.34. The summed E-state index contributed by atoms with van der Waals surface area (Å²) in [5.41, 5.74) is 1.71. The van der Waals surface area contributed by atoms with Crippen molar-refractivity contribution < 1.29 is 43.5 Å². The quantitative estimate of drug-likeness (QED) is 0.453. The number of hydrogen-bond acceptors (Lipinski definition) is 9. The lowest BCUT2D eigenvalue weighted by atomic mass is 9.97. The molecule has 2 aliphatic rings. The van der Waals surface area contributed by atoms with Crippen molar-refractivity contribution in [1.82, 2.24) is 0 Å². The SMILES string of the molecule is CC1(C)OCC2OC(Oc3cccc(O)c3C(=O)CCc3ccc4occc4c3)C(O)C(O)C2O1. The number of aliphatic hydroxyl groups is 2. The van der Waals surface area contributed by atoms with Gasteiger partial charge in [0.15, 0.2) is 11.6 Å². The molecule has 0 radical (unpaired) electrons. The third kappa shape index (κ3) is 4.78. The van der Waals surface area contributed by atoms with E-state index >= 15 is 0 Å². The second-order valence-electron chi connectivity index (χ2n) is 9.30. The molecule has 5 rings (SSSR count). The van der Waals surface area contributed by atoms with Gasteiger partial charge in [-0.05, 0) is 56.2 Å². The Kier molecular flexibility index (Phi) is 6.29. The minimum absolute atomic E-state index is 0.0124. The molecular formula is C26H28O9. The maximum Gasteiger partial charge on any atom is 0.229 e. The molecule has 0 spiro atoms. The molecule has 3 heterocycles. The molecule has 2 aromatic carbocycles. The van der Waals surface area contributed by atoms with Crippen LogP contribution in [0.3, 0.4) is 0 Å². The topological polar surface area (TPSA) is 128 Å². The largest absolute Gasteiger partial charge is 0.507 e. The molecule has 5 atom stereocenters. The highest BCUT2D eigenvalue weighted by Gasteiger charge is 2.51. The van der Waals surface area contributed by atoms with Gasteiger partial charge in [-0.1, -0.05) is 12.1 Å². The highest BCUT2D eigenvalue weighted by molar-refractivity contribution is 6.01. The zero-order valence-corrected chi connectivity index (χ0v) is 19.4. The summed E-state index contributed by atoms with van der Waals surface area (Å²) < 4.78 is 28.3. The highest BCUT2D eigenvalue weighted by Crippen LogP contribution is 2.36. The summed E-state index contributed by atoms with van der Waals surface area (Å²) in [5.74, 6) is -1.45. The van der Waals surface area contributed by atoms with Gasteiger partial charge in [0.2, 0.25) is 6.29 Å². The summed E-state index contributed by atoms with van der Waals surface area (Å²) in [6, 6.07) is 12.0. The molecule has 0 aliphatic carbocycles. The lowest BCUT2D eigenvalue weighted by molar-refractivity contribution is -0.373. The van der Waals surface area contributed by atoms with Gasteiger partial charge in [0, 0.05) is 11.8 Å². The second kappa shape index (κ2) is 9.25. The number of carbonyl (C=O) groups excluding carboxylic acids is 1. The molecule has 5 unspecified atom stereocenters. The van der Waals surface area contributed by atoms with Crippen LogP contribution in [0, 0.1) is 0 Å². The Hall–Kier alpha value is -2.95. The first-order chi connectivity index (χ1) is 16.7. The van der Waals surface area contributed by atoms with Crippen molar-refractivity contribution in [2.45, 2.75) is 63.2 Å². The molecule has 35 heavy (non-hydrogen) atoms. The Morgan fingerprint density at radius 3 is 2.80 bits per heavy atom. The van der Waals surface area contributed by atoms with E-state index in [2.05, 4.69) is 0 Å². The van der Waals surface area contributed by atoms with Gasteiger partial charge in [0.05, 0.1) is 12.9 Å². The maximum absolute atomic E-state index is 13.1. The van der Waals surface area contributed by atoms with Crippen LogP contribution in [0.25, 0.3) is 11.0 Å². The number of benzene rings is 2. The van der Waals surface area contributed by atoms with Crippen molar-refractivity contribution in [2.75, 3.05) is 6.61 Å². The molecule has 2 saturated heterocycles. The summed E-state index contributed by atoms with van der Waals surface area (Å²) in [6.45, 7) is 3.56. The molecule has 0 bridgehead atoms. The van der Waals surface area contributed by atoms with Crippen LogP contribution in [-0.2, 0) is 20.6 Å². The first-order valence-corrected chi connectivity index (χ1v) is 11.5. The van der Waals surface area contributed by atoms with Crippen LogP contribution >= 0.6 is 0 Å². The first-order valence-electron chi connectivity index (χ1n) is 11.5. The van der Waals surface area contributed by atoms with Crippen molar-refractivity contribution in [2.24, 2.45) is 0 Å². The number of rotatable bonds is 6. The summed E-state index contributed by atoms with van der Waals surface area (Å²) in [7, 11) is 0. The summed E-state index contributed by atoms with van der Waals surface area (Å²) in [5, 5.41) is 32.7. The Labute approximate surface area is 201 Å². The number of aryl methyl sites for hydroxylation is 1. The molecule has 186 valence electrons. The Morgan fingerprint density at radius 1 is 1.14 bits per heavy atom. The van der Waals surface area contributed by atoms with Crippen LogP contribution < -0.4 is 4.74 Å². The van der Waals surface area contributed by atoms with Crippen LogP contribution in [-0.4, -0.2) is 64.2 Å². The zero-order chi connectivity index (χ0) is 24.7. The lowest BCUT2D eigenvalue weighted by Gasteiger charge is -2.48. The number of aliphatic hydroxyl groups excluding tert-OH is 2. The fourth-order valence-electron chi connectivity index (χ4n) is 4.50. The predicted octanol–water partition coefficient (Wildman–Crippen LogP) is 2.93. The van der Waals surface area contributed by atoms with Crippen LogP contribution in [0.5, 0.6) is 11.5 Å². The molecule has 2 aliphatic heterocycles. The van der Waals surface area contributed by atoms with Crippen molar-refractivity contribution in [1.29, 1.82) is 0 Å². The molecular weight excluding hydrogens is 456 g/mol. The van der Waals surface area contributed by atoms with Crippen molar-refractivity contribution in [3.63, 3.8) is 0 Å². The molecule has 3 N–H and O–H groups in total. The van der Waals surface area contributed by atoms with Gasteiger partial charge < -0.3 is 38.7 Å². The van der Waals surface area contributed by atoms with Gasteiger partial charge in [0.25, 0.3) is 0 Å². The van der Waals surface area contributed by atoms with E-state index in [0.29, 0.717) is 6.42 Å². The maximum atomic E-state index is 13.1. The van der Waals surface area contributed by atoms with Crippen LogP contribution in [0.15, 0.2) is 53.1 Å². The van der Waals surface area contributed by atoms with Gasteiger partial charge in [-0.25, -0.2) is 0 Å². The average molecular weight is 485 g/mol. The van der Waals surface area contributed by atoms with Crippen molar-refractivity contribution in [3.8, 4) is 11.5 Å². The van der Waals surface area contributed by atoms with Gasteiger partial charge in [-0.3, -0.25) is 4.79 Å². The number of aromatic hydroxyl groups is 1. The van der Waals surface area contributed by atoms with E-state index in [9.17, 15) is 20.1 Å². The Morgan fingerprint density at radius 2 is 1.97 bits per heavy atom. The molecule has 2 fully saturated rings. The number of carbonyl (C=O) groups is 1. The molecule has 0 amide bonds. The minimum Gasteiger partial charge on any atom is -0.507 e. The molecule has 1 aromatic heterocycles. The number of furan rings is 1. The number of Topliss-reactive ketones (excluding diaryl/α,β-unsaturated/α-hetero) is 1. The van der Waals surface area contributed by atoms with E-state index in [-0.39, 0.29) is 35.9 Å². The van der Waals surface area contributed by atoms with Gasteiger partial charge in [-0.15, -0.1) is 0 Å². The predicted molar refractivity (Wildman–Crippen MR) is 123 cm³/mol. The highest BCUT2D eigenvalue weighted by atomic mass is 16.8. The summed E-state index contributed by atoms with van der Waals surface area (Å²) in [4.78, 5) is 13.1. The first kappa shape index (κ1) is 23.8. The smallest absolute Gasteiger partial charge is 0.229 e. The zero-order valence-electron chi connectivity index (χ0n) is 19.4. The fraction of sp³-hybridized carbons (Fsp3) is 0.423. The lowest BCUT2D eigenvalue weighted by Crippen LogP contribution is -2.65. The van der Waals surface area contributed by atoms with Crippen LogP contribution in [0.4, 0.5) is 0 Å². The Balaban J connectivity index is 1.31. The molecule has 0 saturated carbocycles. The van der Waals surface area contributed by atoms with E-state index in [1.807, 2.05) is 24.3 Å². The van der Waals surface area contributed by atoms with E-state index in [4.69, 9.17) is 23.4 Å². The van der Waals surface area contributed by atoms with Gasteiger partial charge >= 0.3 is 0 Å². The number of phenolic OH excluding ortho intramolecular Hbond substituents is 1. The van der Waals surface area contributed by atoms with Crippen molar-refractivity contribution in [3.05, 3.63) is 59.9 Å². The van der Waals surface area contributed by atoms with Crippen LogP contribution in [0.1, 0.15) is 36.2 Å². The molecule has 9 nitrogen and oxygen atoms in total. The average Bonchev–Trinajstić information content (AvgIpc) is 3.29. The number of hydrogen-bond donors (Lipinski definition) is 3. The van der Waals surface area contributed by atoms with Gasteiger partial charge in [-0.2, -0.15) is 0 Å². The Bertz CT molecular complexity index is 1210. The van der Waals surface area contributed by atoms with Gasteiger partial charge in [0.1, 0.15) is 47.1 Å². The molecule has 9 heteroatoms. The summed E-state index contributed by atoms with van der Waals surface area (Å²) >= 11 is 0. The monoisotopic (exact) mass is 484 g/mol. The van der Waals surface area contributed by atoms with Crippen LogP contribution in [0.2, 0.25) is 0 Å². The normalized spacial score (nSPS) is 27.9. The van der Waals surface area contributed by atoms with E-state index < -0.39 is 36.5 Å². The van der Waals surface area contributed by atoms with E-state index in [0.717, 1.165) is 16.5 Å². The van der Waals surface area contributed by atoms with E-state index in [1.54, 1.807) is 20.1 Å². The standard InChI is InChI=1S/C26H28O9/c1-26(2)32-13-20-24(35-26)22(29)23(30)25(34-20)33-19-5-3-4-16(27)21(19)17(28)8-6-14-7-9-18-15(12-14)10-11-31-18/h3-5,7,9-12,20,22-25,27,29-30H,6,8,13H2,1-2H3. The number of fused-ring (bicyclic) bond motifs is 2. The second-order valence-corrected chi connectivity index (χ2v) is 9.30. The van der Waals surface area contributed by atoms with E-state index in [1.165, 1.54) is 18.2 Å². The minimum atomic E-state index is -1.45. The third-order valence-electron chi connectivity index (χ3n) is 6.34. The number of ether oxygens (including phenoxy) is 4. The third-order valence-corrected chi connectivity index (χ3v) is 6.34. The number of phenols is 1. The molecule has 3 aromatic rings. The van der Waals surface area contributed by atoms with Crippen molar-refractivity contribution >= 4 is 16.8 Å². The fourth-order valence-corrected chi connectivity index (χ4v) is 4.50.